The second kappa shape index (κ2) is 5.90. The van der Waals surface area contributed by atoms with Crippen LogP contribution < -0.4 is 10.6 Å². The Kier molecular flexibility index (Phi) is 4.45. The second-order valence-corrected chi connectivity index (χ2v) is 6.02. The van der Waals surface area contributed by atoms with Crippen LogP contribution in [0.15, 0.2) is 0 Å². The van der Waals surface area contributed by atoms with Gasteiger partial charge in [-0.05, 0) is 25.3 Å². The van der Waals surface area contributed by atoms with Gasteiger partial charge < -0.3 is 15.5 Å². The molecule has 2 aliphatic rings. The van der Waals surface area contributed by atoms with E-state index in [1.54, 1.807) is 19.0 Å². The van der Waals surface area contributed by atoms with Crippen LogP contribution in [0, 0.1) is 11.3 Å². The molecular weight excluding hydrogens is 242 g/mol. The molecular formula is C14H25N3O2. The van der Waals surface area contributed by atoms with Crippen LogP contribution in [0.1, 0.15) is 32.1 Å². The Hall–Kier alpha value is -1.10. The van der Waals surface area contributed by atoms with Crippen LogP contribution in [0.3, 0.4) is 0 Å². The van der Waals surface area contributed by atoms with E-state index >= 15 is 0 Å². The lowest BCUT2D eigenvalue weighted by Crippen LogP contribution is -2.48. The van der Waals surface area contributed by atoms with Crippen LogP contribution in [0.25, 0.3) is 0 Å². The molecule has 1 aliphatic carbocycles. The van der Waals surface area contributed by atoms with E-state index in [-0.39, 0.29) is 17.2 Å². The molecule has 1 heterocycles. The van der Waals surface area contributed by atoms with Crippen molar-refractivity contribution in [1.82, 2.24) is 15.5 Å². The SMILES string of the molecule is CN(C)C(=O)CCNC(=O)[C@@]12CCCC[C@H]1CNC2. The number of carbonyl (C=O) groups is 2. The zero-order valence-electron chi connectivity index (χ0n) is 12.0. The summed E-state index contributed by atoms with van der Waals surface area (Å²) in [7, 11) is 3.47. The molecule has 0 bridgehead atoms. The van der Waals surface area contributed by atoms with E-state index in [0.29, 0.717) is 18.9 Å². The van der Waals surface area contributed by atoms with Crippen molar-refractivity contribution >= 4 is 11.8 Å². The van der Waals surface area contributed by atoms with Crippen molar-refractivity contribution in [1.29, 1.82) is 0 Å². The molecule has 0 aromatic rings. The summed E-state index contributed by atoms with van der Waals surface area (Å²) in [4.78, 5) is 25.5. The molecule has 2 N–H and O–H groups in total. The van der Waals surface area contributed by atoms with Crippen molar-refractivity contribution in [2.45, 2.75) is 32.1 Å². The average Bonchev–Trinajstić information content (AvgIpc) is 2.83. The van der Waals surface area contributed by atoms with Gasteiger partial charge in [0, 0.05) is 33.6 Å². The van der Waals surface area contributed by atoms with Gasteiger partial charge >= 0.3 is 0 Å². The van der Waals surface area contributed by atoms with Crippen LogP contribution in [0.5, 0.6) is 0 Å². The Balaban J connectivity index is 1.86. The van der Waals surface area contributed by atoms with Crippen LogP contribution in [0.2, 0.25) is 0 Å². The fraction of sp³-hybridized carbons (Fsp3) is 0.857. The minimum atomic E-state index is -0.209. The van der Waals surface area contributed by atoms with Crippen molar-refractivity contribution in [3.05, 3.63) is 0 Å². The Morgan fingerprint density at radius 1 is 1.37 bits per heavy atom. The standard InChI is InChI=1S/C14H25N3O2/c1-17(2)12(18)6-8-16-13(19)14-7-4-3-5-11(14)9-15-10-14/h11,15H,3-10H2,1-2H3,(H,16,19)/t11-,14+/m0/s1. The molecule has 0 radical (unpaired) electrons. The van der Waals surface area contributed by atoms with Crippen molar-refractivity contribution in [3.8, 4) is 0 Å². The molecule has 1 aliphatic heterocycles. The maximum Gasteiger partial charge on any atom is 0.227 e. The van der Waals surface area contributed by atoms with E-state index < -0.39 is 0 Å². The Morgan fingerprint density at radius 3 is 2.89 bits per heavy atom. The number of hydrogen-bond acceptors (Lipinski definition) is 3. The van der Waals surface area contributed by atoms with E-state index in [9.17, 15) is 9.59 Å². The van der Waals surface area contributed by atoms with E-state index in [4.69, 9.17) is 0 Å². The van der Waals surface area contributed by atoms with Gasteiger partial charge in [-0.3, -0.25) is 9.59 Å². The molecule has 19 heavy (non-hydrogen) atoms. The van der Waals surface area contributed by atoms with Gasteiger partial charge in [0.25, 0.3) is 0 Å². The van der Waals surface area contributed by atoms with E-state index in [1.165, 1.54) is 6.42 Å². The summed E-state index contributed by atoms with van der Waals surface area (Å²) in [6, 6.07) is 0. The first-order valence-corrected chi connectivity index (χ1v) is 7.25. The molecule has 0 spiro atoms. The zero-order chi connectivity index (χ0) is 13.9. The topological polar surface area (TPSA) is 61.4 Å². The number of amides is 2. The van der Waals surface area contributed by atoms with Crippen LogP contribution in [-0.2, 0) is 9.59 Å². The highest BCUT2D eigenvalue weighted by molar-refractivity contribution is 5.84. The zero-order valence-corrected chi connectivity index (χ0v) is 12.0. The molecule has 2 amide bonds. The maximum absolute atomic E-state index is 12.5. The maximum atomic E-state index is 12.5. The van der Waals surface area contributed by atoms with Crippen LogP contribution >= 0.6 is 0 Å². The molecule has 1 saturated heterocycles. The summed E-state index contributed by atoms with van der Waals surface area (Å²) in [5, 5.41) is 6.34. The molecule has 0 aromatic carbocycles. The van der Waals surface area contributed by atoms with Crippen molar-refractivity contribution in [2.75, 3.05) is 33.7 Å². The summed E-state index contributed by atoms with van der Waals surface area (Å²) >= 11 is 0. The summed E-state index contributed by atoms with van der Waals surface area (Å²) in [5.41, 5.74) is -0.209. The van der Waals surface area contributed by atoms with Gasteiger partial charge in [-0.25, -0.2) is 0 Å². The highest BCUT2D eigenvalue weighted by Gasteiger charge is 2.49. The normalized spacial score (nSPS) is 29.7. The molecule has 0 aromatic heterocycles. The highest BCUT2D eigenvalue weighted by Crippen LogP contribution is 2.43. The first kappa shape index (κ1) is 14.3. The molecule has 108 valence electrons. The summed E-state index contributed by atoms with van der Waals surface area (Å²) < 4.78 is 0. The van der Waals surface area contributed by atoms with Crippen molar-refractivity contribution < 1.29 is 9.59 Å². The first-order valence-electron chi connectivity index (χ1n) is 7.25. The van der Waals surface area contributed by atoms with Gasteiger partial charge in [-0.15, -0.1) is 0 Å². The molecule has 0 unspecified atom stereocenters. The van der Waals surface area contributed by atoms with E-state index in [1.807, 2.05) is 0 Å². The number of carbonyl (C=O) groups excluding carboxylic acids is 2. The number of fused-ring (bicyclic) bond motifs is 1. The van der Waals surface area contributed by atoms with Crippen molar-refractivity contribution in [2.24, 2.45) is 11.3 Å². The lowest BCUT2D eigenvalue weighted by molar-refractivity contribution is -0.134. The quantitative estimate of drug-likeness (QED) is 0.773. The third-order valence-corrected chi connectivity index (χ3v) is 4.61. The van der Waals surface area contributed by atoms with E-state index in [2.05, 4.69) is 10.6 Å². The molecule has 5 nitrogen and oxygen atoms in total. The van der Waals surface area contributed by atoms with Gasteiger partial charge in [-0.1, -0.05) is 12.8 Å². The molecule has 1 saturated carbocycles. The largest absolute Gasteiger partial charge is 0.355 e. The summed E-state index contributed by atoms with van der Waals surface area (Å²) in [6.45, 7) is 2.21. The lowest BCUT2D eigenvalue weighted by atomic mass is 9.67. The predicted octanol–water partition coefficient (Wildman–Crippen LogP) is 0.361. The third kappa shape index (κ3) is 2.91. The second-order valence-electron chi connectivity index (χ2n) is 6.02. The average molecular weight is 267 g/mol. The van der Waals surface area contributed by atoms with Crippen molar-refractivity contribution in [3.63, 3.8) is 0 Å². The highest BCUT2D eigenvalue weighted by atomic mass is 16.2. The van der Waals surface area contributed by atoms with Gasteiger partial charge in [0.15, 0.2) is 0 Å². The molecule has 2 fully saturated rings. The number of nitrogens with zero attached hydrogens (tertiary/aromatic N) is 1. The monoisotopic (exact) mass is 267 g/mol. The smallest absolute Gasteiger partial charge is 0.227 e. The predicted molar refractivity (Wildman–Crippen MR) is 73.6 cm³/mol. The lowest BCUT2D eigenvalue weighted by Gasteiger charge is -2.37. The molecule has 5 heteroatoms. The van der Waals surface area contributed by atoms with Crippen LogP contribution in [-0.4, -0.2) is 50.4 Å². The summed E-state index contributed by atoms with van der Waals surface area (Å²) in [5.74, 6) is 0.682. The fourth-order valence-electron chi connectivity index (χ4n) is 3.37. The van der Waals surface area contributed by atoms with E-state index in [0.717, 1.165) is 32.4 Å². The van der Waals surface area contributed by atoms with Gasteiger partial charge in [0.2, 0.25) is 11.8 Å². The molecule has 2 atom stereocenters. The minimum Gasteiger partial charge on any atom is -0.355 e. The van der Waals surface area contributed by atoms with Gasteiger partial charge in [0.1, 0.15) is 0 Å². The van der Waals surface area contributed by atoms with Gasteiger partial charge in [-0.2, -0.15) is 0 Å². The Bertz CT molecular complexity index is 357. The fourth-order valence-corrected chi connectivity index (χ4v) is 3.37. The Labute approximate surface area is 115 Å². The minimum absolute atomic E-state index is 0.0579. The summed E-state index contributed by atoms with van der Waals surface area (Å²) in [6.07, 6.45) is 4.89. The Morgan fingerprint density at radius 2 is 2.16 bits per heavy atom. The first-order chi connectivity index (χ1) is 9.06. The number of nitrogens with one attached hydrogen (secondary N) is 2. The number of hydrogen-bond donors (Lipinski definition) is 2. The third-order valence-electron chi connectivity index (χ3n) is 4.61. The molecule has 2 rings (SSSR count). The number of rotatable bonds is 4. The van der Waals surface area contributed by atoms with Gasteiger partial charge in [0.05, 0.1) is 5.41 Å². The van der Waals surface area contributed by atoms with Crippen LogP contribution in [0.4, 0.5) is 0 Å².